The van der Waals surface area contributed by atoms with Gasteiger partial charge >= 0.3 is 18.0 Å². The molecule has 57 heavy (non-hydrogen) atoms. The number of thiophene rings is 2. The van der Waals surface area contributed by atoms with Crippen LogP contribution in [0.1, 0.15) is 52.7 Å². The van der Waals surface area contributed by atoms with Crippen LogP contribution in [0.25, 0.3) is 20.4 Å². The summed E-state index contributed by atoms with van der Waals surface area (Å²) in [6, 6.07) is 19.5. The van der Waals surface area contributed by atoms with Crippen molar-refractivity contribution in [2.45, 2.75) is 53.0 Å². The fourth-order valence-electron chi connectivity index (χ4n) is 5.19. The molecule has 0 aliphatic rings. The van der Waals surface area contributed by atoms with E-state index in [0.717, 1.165) is 53.8 Å². The van der Waals surface area contributed by atoms with Crippen molar-refractivity contribution >= 4 is 73.0 Å². The number of benzene rings is 2. The number of esters is 1. The molecule has 0 aliphatic heterocycles. The maximum atomic E-state index is 12.9. The van der Waals surface area contributed by atoms with Gasteiger partial charge in [-0.05, 0) is 73.2 Å². The SMILES string of the molecule is Cc1cnc2cc(C(=O)NC[C@@H](N)C(=O)O)sc2c1C.Cc1cnc2cc(C(=O)NC[C@@H](NC(=O)OCc3ccccc3)C(=O)OCc3ccccc3)sc2c1C. The standard InChI is InChI=1S/C28H27N3O5S.C13H15N3O3S/c1-18-14-29-22-13-24(37-25(22)19(18)2)26(32)30-15-23(27(33)35-16-20-9-5-3-6-10-20)31-28(34)36-17-21-11-7-4-8-12-21;1-6-4-15-9-3-10(20-11(9)7(6)2)12(17)16-5-8(14)13(18)19/h3-14,23H,15-17H2,1-2H3,(H,30,32)(H,31,34);3-4,8H,5,14H2,1-2H3,(H,16,17)(H,18,19)/t23-;8-/m11/s1. The van der Waals surface area contributed by atoms with Gasteiger partial charge in [0, 0.05) is 25.5 Å². The third kappa shape index (κ3) is 11.4. The van der Waals surface area contributed by atoms with E-state index in [1.54, 1.807) is 24.5 Å². The van der Waals surface area contributed by atoms with E-state index >= 15 is 0 Å². The highest BCUT2D eigenvalue weighted by molar-refractivity contribution is 7.21. The molecule has 0 aliphatic carbocycles. The number of ether oxygens (including phenoxy) is 2. The number of carbonyl (C=O) groups excluding carboxylic acids is 4. The fourth-order valence-corrected chi connectivity index (χ4v) is 7.36. The molecule has 6 aromatic rings. The Morgan fingerprint density at radius 3 is 1.63 bits per heavy atom. The Balaban J connectivity index is 0.000000261. The van der Waals surface area contributed by atoms with Crippen LogP contribution in [0.2, 0.25) is 0 Å². The number of pyridine rings is 2. The van der Waals surface area contributed by atoms with Gasteiger partial charge in [0.1, 0.15) is 25.3 Å². The van der Waals surface area contributed by atoms with Crippen LogP contribution >= 0.6 is 22.7 Å². The van der Waals surface area contributed by atoms with Gasteiger partial charge in [-0.25, -0.2) is 9.59 Å². The highest BCUT2D eigenvalue weighted by Crippen LogP contribution is 2.29. The minimum Gasteiger partial charge on any atom is -0.480 e. The van der Waals surface area contributed by atoms with Crippen LogP contribution in [-0.4, -0.2) is 70.1 Å². The molecule has 0 fully saturated rings. The normalized spacial score (nSPS) is 11.8. The van der Waals surface area contributed by atoms with Crippen molar-refractivity contribution < 1.29 is 38.6 Å². The molecule has 16 heteroatoms. The number of fused-ring (bicyclic) bond motifs is 2. The van der Waals surface area contributed by atoms with Gasteiger partial charge in [-0.3, -0.25) is 24.4 Å². The van der Waals surface area contributed by atoms with Gasteiger partial charge < -0.3 is 36.3 Å². The summed E-state index contributed by atoms with van der Waals surface area (Å²) >= 11 is 2.67. The molecule has 0 saturated heterocycles. The fraction of sp³-hybridized carbons (Fsp3) is 0.244. The van der Waals surface area contributed by atoms with E-state index in [1.807, 2.05) is 88.4 Å². The predicted octanol–water partition coefficient (Wildman–Crippen LogP) is 5.74. The lowest BCUT2D eigenvalue weighted by Gasteiger charge is -2.18. The minimum absolute atomic E-state index is 0.0332. The minimum atomic E-state index is -1.15. The van der Waals surface area contributed by atoms with Crippen LogP contribution in [0.3, 0.4) is 0 Å². The molecular weight excluding hydrogens is 769 g/mol. The zero-order chi connectivity index (χ0) is 41.1. The molecule has 0 spiro atoms. The lowest BCUT2D eigenvalue weighted by molar-refractivity contribution is -0.147. The number of amides is 3. The highest BCUT2D eigenvalue weighted by Gasteiger charge is 2.25. The zero-order valence-electron chi connectivity index (χ0n) is 31.7. The van der Waals surface area contributed by atoms with Gasteiger partial charge in [0.2, 0.25) is 0 Å². The lowest BCUT2D eigenvalue weighted by atomic mass is 10.2. The van der Waals surface area contributed by atoms with Crippen LogP contribution in [0, 0.1) is 27.7 Å². The van der Waals surface area contributed by atoms with Gasteiger partial charge in [-0.2, -0.15) is 0 Å². The Bertz CT molecular complexity index is 2380. The maximum absolute atomic E-state index is 12.9. The predicted molar refractivity (Wildman–Crippen MR) is 218 cm³/mol. The number of carboxylic acid groups (broad SMARTS) is 1. The van der Waals surface area contributed by atoms with Gasteiger partial charge in [0.15, 0.2) is 0 Å². The number of nitrogens with two attached hydrogens (primary N) is 1. The number of hydrogen-bond acceptors (Lipinski definition) is 12. The molecule has 0 unspecified atom stereocenters. The van der Waals surface area contributed by atoms with E-state index in [4.69, 9.17) is 20.3 Å². The summed E-state index contributed by atoms with van der Waals surface area (Å²) in [5.74, 6) is -2.54. The number of aryl methyl sites for hydroxylation is 4. The Labute approximate surface area is 336 Å². The summed E-state index contributed by atoms with van der Waals surface area (Å²) in [7, 11) is 0. The van der Waals surface area contributed by atoms with Gasteiger partial charge in [0.05, 0.1) is 30.2 Å². The smallest absolute Gasteiger partial charge is 0.408 e. The molecule has 0 radical (unpaired) electrons. The highest BCUT2D eigenvalue weighted by atomic mass is 32.1. The third-order valence-corrected chi connectivity index (χ3v) is 11.3. The summed E-state index contributed by atoms with van der Waals surface area (Å²) in [4.78, 5) is 70.4. The summed E-state index contributed by atoms with van der Waals surface area (Å²) in [5, 5.41) is 16.4. The van der Waals surface area contributed by atoms with E-state index in [-0.39, 0.29) is 38.1 Å². The maximum Gasteiger partial charge on any atom is 0.408 e. The number of carboxylic acids is 1. The van der Waals surface area contributed by atoms with Crippen molar-refractivity contribution in [3.05, 3.63) is 128 Å². The Kier molecular flexibility index (Phi) is 14.4. The van der Waals surface area contributed by atoms with E-state index in [9.17, 15) is 24.0 Å². The van der Waals surface area contributed by atoms with Crippen molar-refractivity contribution in [2.75, 3.05) is 13.1 Å². The van der Waals surface area contributed by atoms with Gasteiger partial charge in [0.25, 0.3) is 11.8 Å². The number of rotatable bonds is 13. The van der Waals surface area contributed by atoms with Crippen LogP contribution in [0.15, 0.2) is 85.2 Å². The quantitative estimate of drug-likeness (QED) is 0.0889. The van der Waals surface area contributed by atoms with Crippen molar-refractivity contribution in [1.82, 2.24) is 25.9 Å². The molecule has 6 N–H and O–H groups in total. The van der Waals surface area contributed by atoms with E-state index in [2.05, 4.69) is 25.9 Å². The first-order valence-electron chi connectivity index (χ1n) is 17.7. The average molecular weight is 811 g/mol. The topological polar surface area (TPSA) is 212 Å². The molecule has 3 amide bonds. The molecule has 14 nitrogen and oxygen atoms in total. The largest absolute Gasteiger partial charge is 0.480 e. The van der Waals surface area contributed by atoms with E-state index in [0.29, 0.717) is 9.75 Å². The summed E-state index contributed by atoms with van der Waals surface area (Å²) in [6.45, 7) is 7.70. The second-order valence-corrected chi connectivity index (χ2v) is 15.1. The average Bonchev–Trinajstić information content (AvgIpc) is 3.87. The molecule has 2 aromatic carbocycles. The summed E-state index contributed by atoms with van der Waals surface area (Å²) in [5.41, 5.74) is 12.7. The molecule has 4 aromatic heterocycles. The molecule has 0 saturated carbocycles. The Hall–Kier alpha value is -6.23. The van der Waals surface area contributed by atoms with E-state index < -0.39 is 30.1 Å². The number of alkyl carbamates (subject to hydrolysis) is 1. The summed E-state index contributed by atoms with van der Waals surface area (Å²) in [6.07, 6.45) is 2.75. The van der Waals surface area contributed by atoms with Crippen molar-refractivity contribution in [3.8, 4) is 0 Å². The molecule has 2 atom stereocenters. The second kappa shape index (κ2) is 19.6. The van der Waals surface area contributed by atoms with E-state index in [1.165, 1.54) is 22.7 Å². The van der Waals surface area contributed by atoms with Crippen molar-refractivity contribution in [3.63, 3.8) is 0 Å². The second-order valence-electron chi connectivity index (χ2n) is 13.0. The number of carbonyl (C=O) groups is 5. The monoisotopic (exact) mass is 810 g/mol. The number of aromatic nitrogens is 2. The zero-order valence-corrected chi connectivity index (χ0v) is 33.3. The molecule has 6 rings (SSSR count). The van der Waals surface area contributed by atoms with Crippen LogP contribution in [0.4, 0.5) is 4.79 Å². The molecule has 0 bridgehead atoms. The Morgan fingerprint density at radius 1 is 0.702 bits per heavy atom. The van der Waals surface area contributed by atoms with Crippen molar-refractivity contribution in [1.29, 1.82) is 0 Å². The number of nitrogens with one attached hydrogen (secondary N) is 3. The number of aliphatic carboxylic acids is 1. The van der Waals surface area contributed by atoms with Crippen LogP contribution in [0.5, 0.6) is 0 Å². The van der Waals surface area contributed by atoms with Crippen LogP contribution < -0.4 is 21.7 Å². The van der Waals surface area contributed by atoms with Gasteiger partial charge in [-0.15, -0.1) is 22.7 Å². The molecule has 296 valence electrons. The summed E-state index contributed by atoms with van der Waals surface area (Å²) < 4.78 is 12.6. The third-order valence-electron chi connectivity index (χ3n) is 8.81. The molecule has 4 heterocycles. The number of hydrogen-bond donors (Lipinski definition) is 5. The van der Waals surface area contributed by atoms with Crippen LogP contribution in [-0.2, 0) is 32.3 Å². The van der Waals surface area contributed by atoms with Crippen molar-refractivity contribution in [2.24, 2.45) is 5.73 Å². The number of nitrogens with zero attached hydrogens (tertiary/aromatic N) is 2. The van der Waals surface area contributed by atoms with Gasteiger partial charge in [-0.1, -0.05) is 60.7 Å². The Morgan fingerprint density at radius 2 is 1.16 bits per heavy atom. The first-order valence-corrected chi connectivity index (χ1v) is 19.4. The lowest BCUT2D eigenvalue weighted by Crippen LogP contribution is -2.49. The first kappa shape index (κ1) is 41.9. The molecular formula is C41H42N6O8S2. The first-order chi connectivity index (χ1) is 27.3.